The van der Waals surface area contributed by atoms with Gasteiger partial charge in [0.05, 0.1) is 6.07 Å². The first-order chi connectivity index (χ1) is 4.72. The van der Waals surface area contributed by atoms with Crippen molar-refractivity contribution in [3.63, 3.8) is 0 Å². The highest BCUT2D eigenvalue weighted by Gasteiger charge is 2.09. The Kier molecular flexibility index (Phi) is 4.69. The van der Waals surface area contributed by atoms with Crippen LogP contribution in [-0.4, -0.2) is 18.3 Å². The summed E-state index contributed by atoms with van der Waals surface area (Å²) in [6.07, 6.45) is 0. The van der Waals surface area contributed by atoms with Gasteiger partial charge in [0.15, 0.2) is 0 Å². The van der Waals surface area contributed by atoms with Crippen molar-refractivity contribution in [1.82, 2.24) is 5.32 Å². The lowest BCUT2D eigenvalue weighted by Gasteiger charge is -2.04. The fraction of sp³-hybridized carbons (Fsp3) is 0.667. The van der Waals surface area contributed by atoms with Crippen LogP contribution in [0, 0.1) is 17.2 Å². The molecule has 0 aromatic heterocycles. The van der Waals surface area contributed by atoms with Crippen molar-refractivity contribution < 1.29 is 4.79 Å². The molecule has 0 aliphatic carbocycles. The topological polar surface area (TPSA) is 52.9 Å². The Hall–Kier alpha value is -0.750. The predicted molar refractivity (Wildman–Crippen MR) is 38.5 cm³/mol. The summed E-state index contributed by atoms with van der Waals surface area (Å²) in [6, 6.07) is 1.80. The zero-order valence-electron chi connectivity index (χ0n) is 5.72. The summed E-state index contributed by atoms with van der Waals surface area (Å²) in [5.41, 5.74) is 0. The van der Waals surface area contributed by atoms with E-state index >= 15 is 0 Å². The van der Waals surface area contributed by atoms with Crippen molar-refractivity contribution in [2.24, 2.45) is 5.92 Å². The molecule has 1 atom stereocenters. The summed E-state index contributed by atoms with van der Waals surface area (Å²) >= 11 is 5.38. The maximum absolute atomic E-state index is 10.8. The van der Waals surface area contributed by atoms with Gasteiger partial charge in [-0.15, -0.1) is 11.6 Å². The average molecular weight is 161 g/mol. The SMILES string of the molecule is CC(CCl)C(=O)NCC#N. The molecular weight excluding hydrogens is 152 g/mol. The number of amides is 1. The number of hydrogen-bond acceptors (Lipinski definition) is 2. The number of carbonyl (C=O) groups excluding carboxylic acids is 1. The van der Waals surface area contributed by atoms with E-state index in [9.17, 15) is 4.79 Å². The Labute approximate surface area is 65.0 Å². The van der Waals surface area contributed by atoms with E-state index < -0.39 is 0 Å². The van der Waals surface area contributed by atoms with Gasteiger partial charge in [0.25, 0.3) is 0 Å². The van der Waals surface area contributed by atoms with Gasteiger partial charge in [-0.2, -0.15) is 5.26 Å². The molecule has 0 saturated heterocycles. The minimum Gasteiger partial charge on any atom is -0.343 e. The minimum absolute atomic E-state index is 0.0556. The number of halogens is 1. The van der Waals surface area contributed by atoms with Crippen molar-refractivity contribution in [3.05, 3.63) is 0 Å². The standard InChI is InChI=1S/C6H9ClN2O/c1-5(4-7)6(10)9-3-2-8/h5H,3-4H2,1H3,(H,9,10). The molecule has 3 nitrogen and oxygen atoms in total. The number of nitriles is 1. The average Bonchev–Trinajstić information content (AvgIpc) is 1.98. The Morgan fingerprint density at radius 2 is 2.50 bits per heavy atom. The molecule has 56 valence electrons. The van der Waals surface area contributed by atoms with Crippen molar-refractivity contribution in [3.8, 4) is 6.07 Å². The fourth-order valence-electron chi connectivity index (χ4n) is 0.371. The lowest BCUT2D eigenvalue weighted by atomic mass is 10.2. The first-order valence-corrected chi connectivity index (χ1v) is 3.46. The molecule has 1 unspecified atom stereocenters. The van der Waals surface area contributed by atoms with Gasteiger partial charge in [-0.25, -0.2) is 0 Å². The molecule has 0 rings (SSSR count). The highest BCUT2D eigenvalue weighted by atomic mass is 35.5. The van der Waals surface area contributed by atoms with E-state index in [2.05, 4.69) is 5.32 Å². The van der Waals surface area contributed by atoms with Gasteiger partial charge in [0, 0.05) is 11.8 Å². The Morgan fingerprint density at radius 3 is 2.90 bits per heavy atom. The Bertz CT molecular complexity index is 152. The molecular formula is C6H9ClN2O. The molecule has 1 amide bonds. The number of rotatable bonds is 3. The largest absolute Gasteiger partial charge is 0.343 e. The third-order valence-corrected chi connectivity index (χ3v) is 1.48. The maximum Gasteiger partial charge on any atom is 0.224 e. The van der Waals surface area contributed by atoms with Crippen LogP contribution in [0.4, 0.5) is 0 Å². The summed E-state index contributed by atoms with van der Waals surface area (Å²) < 4.78 is 0. The molecule has 0 radical (unpaired) electrons. The van der Waals surface area contributed by atoms with Gasteiger partial charge in [-0.1, -0.05) is 6.92 Å². The molecule has 0 aromatic rings. The van der Waals surface area contributed by atoms with Crippen LogP contribution < -0.4 is 5.32 Å². The molecule has 0 heterocycles. The van der Waals surface area contributed by atoms with Crippen LogP contribution in [0.3, 0.4) is 0 Å². The molecule has 0 spiro atoms. The second kappa shape index (κ2) is 5.07. The van der Waals surface area contributed by atoms with E-state index in [1.165, 1.54) is 0 Å². The van der Waals surface area contributed by atoms with E-state index in [0.717, 1.165) is 0 Å². The number of alkyl halides is 1. The summed E-state index contributed by atoms with van der Waals surface area (Å²) in [4.78, 5) is 10.8. The van der Waals surface area contributed by atoms with Gasteiger partial charge < -0.3 is 5.32 Å². The van der Waals surface area contributed by atoms with Crippen LogP contribution in [0.2, 0.25) is 0 Å². The van der Waals surface area contributed by atoms with Crippen molar-refractivity contribution >= 4 is 17.5 Å². The molecule has 0 fully saturated rings. The van der Waals surface area contributed by atoms with Gasteiger partial charge >= 0.3 is 0 Å². The van der Waals surface area contributed by atoms with E-state index in [1.54, 1.807) is 13.0 Å². The van der Waals surface area contributed by atoms with Crippen LogP contribution in [0.15, 0.2) is 0 Å². The van der Waals surface area contributed by atoms with Crippen LogP contribution in [0.1, 0.15) is 6.92 Å². The summed E-state index contributed by atoms with van der Waals surface area (Å²) in [5.74, 6) is -0.0939. The maximum atomic E-state index is 10.8. The number of hydrogen-bond donors (Lipinski definition) is 1. The van der Waals surface area contributed by atoms with Gasteiger partial charge in [0.1, 0.15) is 6.54 Å². The molecule has 1 N–H and O–H groups in total. The molecule has 0 saturated carbocycles. The second-order valence-electron chi connectivity index (χ2n) is 1.93. The van der Waals surface area contributed by atoms with E-state index in [-0.39, 0.29) is 24.2 Å². The number of nitrogens with zero attached hydrogens (tertiary/aromatic N) is 1. The molecule has 10 heavy (non-hydrogen) atoms. The van der Waals surface area contributed by atoms with Crippen molar-refractivity contribution in [2.45, 2.75) is 6.92 Å². The van der Waals surface area contributed by atoms with Crippen molar-refractivity contribution in [2.75, 3.05) is 12.4 Å². The molecule has 0 aliphatic heterocycles. The van der Waals surface area contributed by atoms with Crippen LogP contribution in [-0.2, 0) is 4.79 Å². The van der Waals surface area contributed by atoms with Crippen LogP contribution in [0.5, 0.6) is 0 Å². The monoisotopic (exact) mass is 160 g/mol. The third kappa shape index (κ3) is 3.31. The summed E-state index contributed by atoms with van der Waals surface area (Å²) in [6.45, 7) is 1.76. The fourth-order valence-corrected chi connectivity index (χ4v) is 0.511. The normalized spacial score (nSPS) is 11.7. The van der Waals surface area contributed by atoms with Gasteiger partial charge in [-0.3, -0.25) is 4.79 Å². The highest BCUT2D eigenvalue weighted by molar-refractivity contribution is 6.19. The minimum atomic E-state index is -0.213. The van der Waals surface area contributed by atoms with Crippen LogP contribution in [0.25, 0.3) is 0 Å². The van der Waals surface area contributed by atoms with E-state index in [4.69, 9.17) is 16.9 Å². The molecule has 0 bridgehead atoms. The third-order valence-electron chi connectivity index (χ3n) is 1.02. The van der Waals surface area contributed by atoms with Crippen LogP contribution >= 0.6 is 11.6 Å². The molecule has 0 aliphatic rings. The first-order valence-electron chi connectivity index (χ1n) is 2.93. The highest BCUT2D eigenvalue weighted by Crippen LogP contribution is 1.96. The Morgan fingerprint density at radius 1 is 1.90 bits per heavy atom. The predicted octanol–water partition coefficient (Wildman–Crippen LogP) is 0.501. The number of nitrogens with one attached hydrogen (secondary N) is 1. The quantitative estimate of drug-likeness (QED) is 0.483. The molecule has 4 heteroatoms. The van der Waals surface area contributed by atoms with E-state index in [1.807, 2.05) is 0 Å². The Balaban J connectivity index is 3.54. The zero-order valence-corrected chi connectivity index (χ0v) is 6.48. The zero-order chi connectivity index (χ0) is 7.98. The van der Waals surface area contributed by atoms with E-state index in [0.29, 0.717) is 0 Å². The second-order valence-corrected chi connectivity index (χ2v) is 2.24. The smallest absolute Gasteiger partial charge is 0.224 e. The molecule has 0 aromatic carbocycles. The summed E-state index contributed by atoms with van der Waals surface area (Å²) in [7, 11) is 0. The first kappa shape index (κ1) is 9.25. The number of carbonyl (C=O) groups is 1. The van der Waals surface area contributed by atoms with Crippen molar-refractivity contribution in [1.29, 1.82) is 5.26 Å². The van der Waals surface area contributed by atoms with Gasteiger partial charge in [0.2, 0.25) is 5.91 Å². The van der Waals surface area contributed by atoms with Gasteiger partial charge in [-0.05, 0) is 0 Å². The summed E-state index contributed by atoms with van der Waals surface area (Å²) in [5, 5.41) is 10.5. The lowest BCUT2D eigenvalue weighted by Crippen LogP contribution is -2.30. The lowest BCUT2D eigenvalue weighted by molar-refractivity contribution is -0.123.